The fourth-order valence-corrected chi connectivity index (χ4v) is 4.19. The lowest BCUT2D eigenvalue weighted by Crippen LogP contribution is -2.25. The maximum Gasteiger partial charge on any atom is 0.284 e. The van der Waals surface area contributed by atoms with E-state index in [-0.39, 0.29) is 11.4 Å². The van der Waals surface area contributed by atoms with Crippen LogP contribution in [0.3, 0.4) is 0 Å². The maximum atomic E-state index is 13.1. The van der Waals surface area contributed by atoms with Crippen molar-refractivity contribution in [2.24, 2.45) is 7.05 Å². The predicted molar refractivity (Wildman–Crippen MR) is 143 cm³/mol. The molecule has 0 aliphatic rings. The first kappa shape index (κ1) is 24.6. The number of amides is 1. The maximum absolute atomic E-state index is 13.1. The van der Waals surface area contributed by atoms with E-state index in [4.69, 9.17) is 14.2 Å². The lowest BCUT2D eigenvalue weighted by atomic mass is 10.2. The van der Waals surface area contributed by atoms with Crippen LogP contribution in [-0.2, 0) is 7.05 Å². The Balaban J connectivity index is 1.37. The van der Waals surface area contributed by atoms with Crippen molar-refractivity contribution in [2.45, 2.75) is 6.92 Å². The summed E-state index contributed by atoms with van der Waals surface area (Å²) < 4.78 is 19.9. The summed E-state index contributed by atoms with van der Waals surface area (Å²) in [6.45, 7) is 1.73. The third kappa shape index (κ3) is 4.43. The van der Waals surface area contributed by atoms with E-state index in [9.17, 15) is 9.59 Å². The zero-order valence-corrected chi connectivity index (χ0v) is 21.3. The third-order valence-corrected chi connectivity index (χ3v) is 6.19. The molecule has 10 nitrogen and oxygen atoms in total. The van der Waals surface area contributed by atoms with Gasteiger partial charge < -0.3 is 19.5 Å². The van der Waals surface area contributed by atoms with Gasteiger partial charge in [-0.05, 0) is 43.3 Å². The molecule has 5 rings (SSSR count). The van der Waals surface area contributed by atoms with E-state index in [1.165, 1.54) is 10.9 Å². The third-order valence-electron chi connectivity index (χ3n) is 6.19. The average molecular weight is 512 g/mol. The first-order chi connectivity index (χ1) is 18.4. The van der Waals surface area contributed by atoms with Crippen LogP contribution in [0.1, 0.15) is 16.1 Å². The molecule has 3 aromatic heterocycles. The second kappa shape index (κ2) is 10.1. The minimum Gasteiger partial charge on any atom is -0.493 e. The molecule has 1 N–H and O–H groups in total. The quantitative estimate of drug-likeness (QED) is 0.343. The van der Waals surface area contributed by atoms with Gasteiger partial charge in [0.25, 0.3) is 11.5 Å². The molecule has 0 aliphatic heterocycles. The molecule has 0 unspecified atom stereocenters. The molecule has 0 fully saturated rings. The van der Waals surface area contributed by atoms with Crippen LogP contribution in [0.25, 0.3) is 16.6 Å². The standard InChI is InChI=1S/C28H25N5O5/c1-17-26(28(35)33(32(17)2)18-8-6-5-7-9-18)27(34)31-25-11-10-19(16-30-25)38-22-12-13-29-21-15-24(37-4)23(36-3)14-20(21)22/h5-16H,1-4H3,(H,30,31,34). The monoisotopic (exact) mass is 511 g/mol. The van der Waals surface area contributed by atoms with Gasteiger partial charge in [-0.25, -0.2) is 9.67 Å². The summed E-state index contributed by atoms with van der Waals surface area (Å²) in [7, 11) is 4.86. The molecule has 0 saturated carbocycles. The second-order valence-corrected chi connectivity index (χ2v) is 8.41. The highest BCUT2D eigenvalue weighted by Crippen LogP contribution is 2.36. The number of nitrogens with zero attached hydrogens (tertiary/aromatic N) is 4. The minimum absolute atomic E-state index is 0.0473. The zero-order valence-electron chi connectivity index (χ0n) is 21.3. The van der Waals surface area contributed by atoms with Crippen molar-refractivity contribution in [3.05, 3.63) is 94.7 Å². The van der Waals surface area contributed by atoms with E-state index < -0.39 is 11.5 Å². The van der Waals surface area contributed by atoms with Crippen LogP contribution in [0.4, 0.5) is 5.82 Å². The van der Waals surface area contributed by atoms with E-state index in [1.807, 2.05) is 18.2 Å². The fourth-order valence-electron chi connectivity index (χ4n) is 4.19. The number of rotatable bonds is 7. The number of benzene rings is 2. The number of carbonyl (C=O) groups is 1. The van der Waals surface area contributed by atoms with Gasteiger partial charge in [0.05, 0.1) is 37.3 Å². The molecule has 0 spiro atoms. The SMILES string of the molecule is COc1cc2nccc(Oc3ccc(NC(=O)c4c(C)n(C)n(-c5ccccc5)c4=O)nc3)c2cc1OC. The molecule has 1 amide bonds. The summed E-state index contributed by atoms with van der Waals surface area (Å²) in [4.78, 5) is 34.8. The molecule has 0 atom stereocenters. The molecular weight excluding hydrogens is 486 g/mol. The molecule has 0 aliphatic carbocycles. The summed E-state index contributed by atoms with van der Waals surface area (Å²) in [6.07, 6.45) is 3.12. The highest BCUT2D eigenvalue weighted by molar-refractivity contribution is 6.04. The Morgan fingerprint density at radius 3 is 2.34 bits per heavy atom. The highest BCUT2D eigenvalue weighted by atomic mass is 16.5. The van der Waals surface area contributed by atoms with Crippen LogP contribution in [-0.4, -0.2) is 39.5 Å². The van der Waals surface area contributed by atoms with Crippen molar-refractivity contribution in [3.8, 4) is 28.7 Å². The fraction of sp³-hybridized carbons (Fsp3) is 0.143. The van der Waals surface area contributed by atoms with Crippen molar-refractivity contribution in [1.29, 1.82) is 0 Å². The smallest absolute Gasteiger partial charge is 0.284 e. The minimum atomic E-state index is -0.542. The first-order valence-electron chi connectivity index (χ1n) is 11.7. The van der Waals surface area contributed by atoms with Crippen LogP contribution in [0.15, 0.2) is 77.9 Å². The van der Waals surface area contributed by atoms with Gasteiger partial charge in [0.15, 0.2) is 11.5 Å². The van der Waals surface area contributed by atoms with Gasteiger partial charge in [-0.2, -0.15) is 0 Å². The summed E-state index contributed by atoms with van der Waals surface area (Å²) in [6, 6.07) is 17.7. The number of anilines is 1. The normalized spacial score (nSPS) is 10.8. The van der Waals surface area contributed by atoms with Crippen LogP contribution in [0.5, 0.6) is 23.0 Å². The number of ether oxygens (including phenoxy) is 3. The molecule has 5 aromatic rings. The van der Waals surface area contributed by atoms with E-state index >= 15 is 0 Å². The van der Waals surface area contributed by atoms with Gasteiger partial charge in [0.1, 0.15) is 22.9 Å². The Morgan fingerprint density at radius 1 is 0.921 bits per heavy atom. The Morgan fingerprint density at radius 2 is 1.66 bits per heavy atom. The zero-order chi connectivity index (χ0) is 26.8. The van der Waals surface area contributed by atoms with Crippen LogP contribution in [0, 0.1) is 6.92 Å². The number of fused-ring (bicyclic) bond motifs is 1. The molecule has 10 heteroatoms. The predicted octanol–water partition coefficient (Wildman–Crippen LogP) is 4.49. The van der Waals surface area contributed by atoms with Crippen LogP contribution >= 0.6 is 0 Å². The molecule has 0 radical (unpaired) electrons. The first-order valence-corrected chi connectivity index (χ1v) is 11.7. The second-order valence-electron chi connectivity index (χ2n) is 8.41. The Labute approximate surface area is 218 Å². The molecule has 2 aromatic carbocycles. The van der Waals surface area contributed by atoms with Crippen molar-refractivity contribution in [3.63, 3.8) is 0 Å². The summed E-state index contributed by atoms with van der Waals surface area (Å²) in [5, 5.41) is 3.44. The Hall–Kier alpha value is -5.12. The van der Waals surface area contributed by atoms with Gasteiger partial charge in [0.2, 0.25) is 0 Å². The van der Waals surface area contributed by atoms with Gasteiger partial charge in [-0.3, -0.25) is 19.3 Å². The number of hydrogen-bond donors (Lipinski definition) is 1. The van der Waals surface area contributed by atoms with Crippen molar-refractivity contribution >= 4 is 22.6 Å². The number of para-hydroxylation sites is 1. The van der Waals surface area contributed by atoms with Crippen LogP contribution < -0.4 is 25.1 Å². The highest BCUT2D eigenvalue weighted by Gasteiger charge is 2.22. The Bertz CT molecular complexity index is 1690. The van der Waals surface area contributed by atoms with Gasteiger partial charge >= 0.3 is 0 Å². The number of methoxy groups -OCH3 is 2. The van der Waals surface area contributed by atoms with Crippen LogP contribution in [0.2, 0.25) is 0 Å². The number of carbonyl (C=O) groups excluding carboxylic acids is 1. The van der Waals surface area contributed by atoms with Crippen molar-refractivity contribution in [1.82, 2.24) is 19.3 Å². The van der Waals surface area contributed by atoms with E-state index in [0.29, 0.717) is 39.9 Å². The van der Waals surface area contributed by atoms with Gasteiger partial charge in [-0.15, -0.1) is 0 Å². The number of hydrogen-bond acceptors (Lipinski definition) is 7. The largest absolute Gasteiger partial charge is 0.493 e. The van der Waals surface area contributed by atoms with Crippen molar-refractivity contribution in [2.75, 3.05) is 19.5 Å². The number of aromatic nitrogens is 4. The number of nitrogens with one attached hydrogen (secondary N) is 1. The van der Waals surface area contributed by atoms with E-state index in [0.717, 1.165) is 5.39 Å². The molecule has 0 saturated heterocycles. The van der Waals surface area contributed by atoms with Gasteiger partial charge in [0, 0.05) is 24.7 Å². The van der Waals surface area contributed by atoms with E-state index in [2.05, 4.69) is 15.3 Å². The molecule has 0 bridgehead atoms. The molecule has 192 valence electrons. The average Bonchev–Trinajstić information content (AvgIpc) is 3.16. The summed E-state index contributed by atoms with van der Waals surface area (Å²) in [5.74, 6) is 1.86. The Kier molecular flexibility index (Phi) is 6.53. The lowest BCUT2D eigenvalue weighted by molar-refractivity contribution is 0.102. The molecule has 38 heavy (non-hydrogen) atoms. The van der Waals surface area contributed by atoms with Gasteiger partial charge in [-0.1, -0.05) is 18.2 Å². The summed E-state index contributed by atoms with van der Waals surface area (Å²) >= 11 is 0. The topological polar surface area (TPSA) is 110 Å². The number of pyridine rings is 2. The molecule has 3 heterocycles. The van der Waals surface area contributed by atoms with Crippen molar-refractivity contribution < 1.29 is 19.0 Å². The molecular formula is C28H25N5O5. The van der Waals surface area contributed by atoms with E-state index in [1.54, 1.807) is 81.5 Å². The lowest BCUT2D eigenvalue weighted by Gasteiger charge is -2.12. The summed E-state index contributed by atoms with van der Waals surface area (Å²) in [5.41, 5.74) is 1.52.